The van der Waals surface area contributed by atoms with Gasteiger partial charge in [0.15, 0.2) is 0 Å². The number of carbonyl (C=O) groups excluding carboxylic acids is 1. The van der Waals surface area contributed by atoms with E-state index >= 15 is 0 Å². The molecule has 5 nitrogen and oxygen atoms in total. The highest BCUT2D eigenvalue weighted by atomic mass is 16.1. The fourth-order valence-corrected chi connectivity index (χ4v) is 4.50. The molecule has 1 heterocycles. The minimum Gasteiger partial charge on any atom is -0.352 e. The molecule has 1 aliphatic carbocycles. The molecule has 3 aromatic rings. The number of nitrogens with zero attached hydrogens (tertiary/aromatic N) is 2. The van der Waals surface area contributed by atoms with Gasteiger partial charge in [0.2, 0.25) is 0 Å². The number of H-pyrrole nitrogens is 1. The van der Waals surface area contributed by atoms with Crippen LogP contribution in [-0.4, -0.2) is 22.4 Å². The lowest BCUT2D eigenvalue weighted by Crippen LogP contribution is -2.24. The van der Waals surface area contributed by atoms with Crippen LogP contribution in [0.1, 0.15) is 58.3 Å². The number of fused-ring (bicyclic) bond motifs is 2. The molecule has 5 heteroatoms. The predicted molar refractivity (Wildman–Crippen MR) is 109 cm³/mol. The summed E-state index contributed by atoms with van der Waals surface area (Å²) in [5.41, 5.74) is 7.01. The van der Waals surface area contributed by atoms with Crippen LogP contribution in [0.15, 0.2) is 36.7 Å². The van der Waals surface area contributed by atoms with Gasteiger partial charge in [0.25, 0.3) is 5.91 Å². The van der Waals surface area contributed by atoms with E-state index in [2.05, 4.69) is 41.3 Å². The third kappa shape index (κ3) is 3.27. The smallest absolute Gasteiger partial charge is 0.251 e. The third-order valence-electron chi connectivity index (χ3n) is 5.99. The number of imidazole rings is 1. The SMILES string of the molecule is Cc1c(C#N)ccc2c1[C@H](CCCNC(=O)c1ccc3[nH]cnc3c1)[C@H](C)C2. The highest BCUT2D eigenvalue weighted by Crippen LogP contribution is 2.43. The van der Waals surface area contributed by atoms with Crippen LogP contribution in [0.2, 0.25) is 0 Å². The molecule has 142 valence electrons. The molecule has 2 aromatic carbocycles. The molecule has 4 rings (SSSR count). The van der Waals surface area contributed by atoms with Crippen molar-refractivity contribution in [1.82, 2.24) is 15.3 Å². The van der Waals surface area contributed by atoms with Gasteiger partial charge in [0.05, 0.1) is 29.0 Å². The molecule has 28 heavy (non-hydrogen) atoms. The molecular formula is C23H24N4O. The van der Waals surface area contributed by atoms with Gasteiger partial charge in [0.1, 0.15) is 0 Å². The summed E-state index contributed by atoms with van der Waals surface area (Å²) >= 11 is 0. The van der Waals surface area contributed by atoms with Gasteiger partial charge in [-0.3, -0.25) is 4.79 Å². The number of rotatable bonds is 5. The summed E-state index contributed by atoms with van der Waals surface area (Å²) in [5.74, 6) is 0.966. The van der Waals surface area contributed by atoms with Crippen molar-refractivity contribution in [2.45, 2.75) is 39.0 Å². The van der Waals surface area contributed by atoms with Crippen molar-refractivity contribution in [2.24, 2.45) is 5.92 Å². The molecule has 0 bridgehead atoms. The quantitative estimate of drug-likeness (QED) is 0.658. The standard InChI is InChI=1S/C23H24N4O/c1-14-10-16-5-6-18(12-24)15(2)22(16)19(14)4-3-9-25-23(28)17-7-8-20-21(11-17)27-13-26-20/h5-8,11,13-14,19H,3-4,9-10H2,1-2H3,(H,25,28)(H,26,27)/t14-,19-/m1/s1. The number of hydrogen-bond acceptors (Lipinski definition) is 3. The van der Waals surface area contributed by atoms with Crippen LogP contribution in [0, 0.1) is 24.2 Å². The molecule has 0 saturated heterocycles. The number of hydrogen-bond donors (Lipinski definition) is 2. The maximum Gasteiger partial charge on any atom is 0.251 e. The number of nitriles is 1. The van der Waals surface area contributed by atoms with Crippen LogP contribution in [0.3, 0.4) is 0 Å². The summed E-state index contributed by atoms with van der Waals surface area (Å²) in [6, 6.07) is 11.9. The molecule has 2 atom stereocenters. The van der Waals surface area contributed by atoms with Crippen LogP contribution in [0.5, 0.6) is 0 Å². The van der Waals surface area contributed by atoms with E-state index in [0.717, 1.165) is 41.4 Å². The zero-order chi connectivity index (χ0) is 19.7. The van der Waals surface area contributed by atoms with Crippen LogP contribution in [0.25, 0.3) is 11.0 Å². The number of aromatic nitrogens is 2. The first kappa shape index (κ1) is 18.2. The Morgan fingerprint density at radius 2 is 2.21 bits per heavy atom. The molecule has 1 aliphatic rings. The van der Waals surface area contributed by atoms with Crippen molar-refractivity contribution in [1.29, 1.82) is 5.26 Å². The topological polar surface area (TPSA) is 81.6 Å². The Labute approximate surface area is 164 Å². The van der Waals surface area contributed by atoms with E-state index in [1.165, 1.54) is 11.1 Å². The fourth-order valence-electron chi connectivity index (χ4n) is 4.50. The second-order valence-corrected chi connectivity index (χ2v) is 7.74. The van der Waals surface area contributed by atoms with E-state index < -0.39 is 0 Å². The van der Waals surface area contributed by atoms with Crippen LogP contribution in [0.4, 0.5) is 0 Å². The molecule has 0 radical (unpaired) electrons. The number of amides is 1. The summed E-state index contributed by atoms with van der Waals surface area (Å²) in [6.07, 6.45) is 4.64. The summed E-state index contributed by atoms with van der Waals surface area (Å²) < 4.78 is 0. The average Bonchev–Trinajstić information content (AvgIpc) is 3.29. The molecule has 0 spiro atoms. The minimum absolute atomic E-state index is 0.0623. The Morgan fingerprint density at radius 3 is 3.04 bits per heavy atom. The Kier molecular flexibility index (Phi) is 4.87. The fraction of sp³-hybridized carbons (Fsp3) is 0.348. The van der Waals surface area contributed by atoms with E-state index in [-0.39, 0.29) is 5.91 Å². The maximum atomic E-state index is 12.4. The van der Waals surface area contributed by atoms with E-state index in [1.54, 1.807) is 6.33 Å². The van der Waals surface area contributed by atoms with E-state index in [4.69, 9.17) is 0 Å². The lowest BCUT2D eigenvalue weighted by molar-refractivity contribution is 0.0952. The highest BCUT2D eigenvalue weighted by Gasteiger charge is 2.31. The van der Waals surface area contributed by atoms with Crippen molar-refractivity contribution in [3.63, 3.8) is 0 Å². The molecule has 1 amide bonds. The van der Waals surface area contributed by atoms with Crippen LogP contribution in [-0.2, 0) is 6.42 Å². The molecule has 0 fully saturated rings. The molecule has 1 aromatic heterocycles. The van der Waals surface area contributed by atoms with E-state index in [1.807, 2.05) is 24.3 Å². The number of nitrogens with one attached hydrogen (secondary N) is 2. The Balaban J connectivity index is 1.37. The number of aromatic amines is 1. The Morgan fingerprint density at radius 1 is 1.36 bits per heavy atom. The van der Waals surface area contributed by atoms with Gasteiger partial charge in [0, 0.05) is 12.1 Å². The van der Waals surface area contributed by atoms with Gasteiger partial charge in [-0.25, -0.2) is 4.98 Å². The summed E-state index contributed by atoms with van der Waals surface area (Å²) in [6.45, 7) is 5.00. The summed E-state index contributed by atoms with van der Waals surface area (Å²) in [4.78, 5) is 19.7. The van der Waals surface area contributed by atoms with Gasteiger partial charge in [-0.05, 0) is 79.0 Å². The first-order chi connectivity index (χ1) is 13.6. The molecule has 0 aliphatic heterocycles. The van der Waals surface area contributed by atoms with Crippen LogP contribution >= 0.6 is 0 Å². The molecule has 0 saturated carbocycles. The second kappa shape index (κ2) is 7.47. The van der Waals surface area contributed by atoms with Crippen molar-refractivity contribution in [3.8, 4) is 6.07 Å². The molecule has 2 N–H and O–H groups in total. The number of benzene rings is 2. The molecular weight excluding hydrogens is 348 g/mol. The van der Waals surface area contributed by atoms with Gasteiger partial charge in [-0.1, -0.05) is 13.0 Å². The Hall–Kier alpha value is -3.13. The zero-order valence-electron chi connectivity index (χ0n) is 16.2. The molecule has 0 unspecified atom stereocenters. The summed E-state index contributed by atoms with van der Waals surface area (Å²) in [7, 11) is 0. The first-order valence-corrected chi connectivity index (χ1v) is 9.82. The lowest BCUT2D eigenvalue weighted by atomic mass is 9.86. The van der Waals surface area contributed by atoms with Gasteiger partial charge in [-0.2, -0.15) is 5.26 Å². The third-order valence-corrected chi connectivity index (χ3v) is 5.99. The average molecular weight is 372 g/mol. The minimum atomic E-state index is -0.0623. The normalized spacial score (nSPS) is 18.0. The van der Waals surface area contributed by atoms with E-state index in [0.29, 0.717) is 23.9 Å². The van der Waals surface area contributed by atoms with Gasteiger partial charge in [-0.15, -0.1) is 0 Å². The zero-order valence-corrected chi connectivity index (χ0v) is 16.2. The van der Waals surface area contributed by atoms with Crippen LogP contribution < -0.4 is 5.32 Å². The highest BCUT2D eigenvalue weighted by molar-refractivity contribution is 5.97. The van der Waals surface area contributed by atoms with Crippen molar-refractivity contribution in [2.75, 3.05) is 6.54 Å². The van der Waals surface area contributed by atoms with Crippen molar-refractivity contribution < 1.29 is 4.79 Å². The Bertz CT molecular complexity index is 1080. The van der Waals surface area contributed by atoms with Crippen molar-refractivity contribution >= 4 is 16.9 Å². The monoisotopic (exact) mass is 372 g/mol. The predicted octanol–water partition coefficient (Wildman–Crippen LogP) is 4.23. The first-order valence-electron chi connectivity index (χ1n) is 9.82. The largest absolute Gasteiger partial charge is 0.352 e. The van der Waals surface area contributed by atoms with Crippen molar-refractivity contribution in [3.05, 3.63) is 64.5 Å². The van der Waals surface area contributed by atoms with E-state index in [9.17, 15) is 10.1 Å². The summed E-state index contributed by atoms with van der Waals surface area (Å²) in [5, 5.41) is 12.4. The lowest BCUT2D eigenvalue weighted by Gasteiger charge is -2.19. The van der Waals surface area contributed by atoms with Gasteiger partial charge < -0.3 is 10.3 Å². The van der Waals surface area contributed by atoms with Gasteiger partial charge >= 0.3 is 0 Å². The maximum absolute atomic E-state index is 12.4. The second-order valence-electron chi connectivity index (χ2n) is 7.74. The number of carbonyl (C=O) groups is 1.